The number of hydrogen-bond acceptors (Lipinski definition) is 2. The Hall–Kier alpha value is -2.55. The molecule has 0 amide bonds. The molecule has 3 nitrogen and oxygen atoms in total. The third kappa shape index (κ3) is 3.21. The van der Waals surface area contributed by atoms with Crippen LogP contribution in [0.25, 0.3) is 10.9 Å². The highest BCUT2D eigenvalue weighted by atomic mass is 16.5. The van der Waals surface area contributed by atoms with Gasteiger partial charge in [-0.2, -0.15) is 0 Å². The van der Waals surface area contributed by atoms with Gasteiger partial charge in [0.25, 0.3) is 0 Å². The molecule has 0 atom stereocenters. The summed E-state index contributed by atoms with van der Waals surface area (Å²) in [4.78, 5) is 11.2. The first-order valence-corrected chi connectivity index (χ1v) is 8.36. The van der Waals surface area contributed by atoms with Crippen LogP contribution in [0.2, 0.25) is 0 Å². The molecular formula is C21H23NO2. The molecule has 0 saturated carbocycles. The predicted octanol–water partition coefficient (Wildman–Crippen LogP) is 4.96. The minimum absolute atomic E-state index is 0.426. The molecule has 2 aromatic carbocycles. The number of para-hydroxylation sites is 1. The number of aldehydes is 1. The molecule has 0 aliphatic heterocycles. The zero-order valence-electron chi connectivity index (χ0n) is 14.5. The Morgan fingerprint density at radius 3 is 2.71 bits per heavy atom. The van der Waals surface area contributed by atoms with Crippen LogP contribution in [-0.2, 0) is 6.54 Å². The molecule has 124 valence electrons. The van der Waals surface area contributed by atoms with Crippen molar-refractivity contribution in [3.8, 4) is 5.75 Å². The summed E-state index contributed by atoms with van der Waals surface area (Å²) in [6.07, 6.45) is 2.82. The number of rotatable bonds is 6. The molecule has 0 spiro atoms. The zero-order valence-corrected chi connectivity index (χ0v) is 14.5. The van der Waals surface area contributed by atoms with Gasteiger partial charge in [0, 0.05) is 22.7 Å². The largest absolute Gasteiger partial charge is 0.491 e. The SMILES string of the molecule is Cc1ccc(C(C)C)c(OCCn2cc(C=O)c3ccccc32)c1. The Kier molecular flexibility index (Phi) is 4.70. The molecule has 0 aliphatic carbocycles. The first kappa shape index (κ1) is 16.3. The van der Waals surface area contributed by atoms with Crippen molar-refractivity contribution in [1.29, 1.82) is 0 Å². The van der Waals surface area contributed by atoms with Crippen molar-refractivity contribution in [3.63, 3.8) is 0 Å². The first-order chi connectivity index (χ1) is 11.6. The van der Waals surface area contributed by atoms with Gasteiger partial charge in [0.05, 0.1) is 6.54 Å². The van der Waals surface area contributed by atoms with E-state index in [-0.39, 0.29) is 0 Å². The highest BCUT2D eigenvalue weighted by Crippen LogP contribution is 2.27. The number of nitrogens with zero attached hydrogens (tertiary/aromatic N) is 1. The van der Waals surface area contributed by atoms with Crippen LogP contribution in [0.15, 0.2) is 48.7 Å². The van der Waals surface area contributed by atoms with E-state index in [2.05, 4.69) is 43.5 Å². The van der Waals surface area contributed by atoms with Gasteiger partial charge in [-0.25, -0.2) is 0 Å². The molecule has 3 heteroatoms. The molecule has 0 fully saturated rings. The second kappa shape index (κ2) is 6.91. The number of carbonyl (C=O) groups is 1. The van der Waals surface area contributed by atoms with E-state index in [0.29, 0.717) is 19.1 Å². The predicted molar refractivity (Wildman–Crippen MR) is 98.1 cm³/mol. The van der Waals surface area contributed by atoms with Gasteiger partial charge >= 0.3 is 0 Å². The van der Waals surface area contributed by atoms with Crippen LogP contribution in [0.4, 0.5) is 0 Å². The summed E-state index contributed by atoms with van der Waals surface area (Å²) in [5.74, 6) is 1.38. The average molecular weight is 321 g/mol. The zero-order chi connectivity index (χ0) is 17.1. The third-order valence-electron chi connectivity index (χ3n) is 4.33. The summed E-state index contributed by atoms with van der Waals surface area (Å²) in [5, 5.41) is 0.992. The van der Waals surface area contributed by atoms with Crippen molar-refractivity contribution in [2.75, 3.05) is 6.61 Å². The Balaban J connectivity index is 1.78. The fourth-order valence-electron chi connectivity index (χ4n) is 3.05. The Bertz CT molecular complexity index is 861. The van der Waals surface area contributed by atoms with E-state index in [9.17, 15) is 4.79 Å². The average Bonchev–Trinajstić information content (AvgIpc) is 2.93. The van der Waals surface area contributed by atoms with E-state index < -0.39 is 0 Å². The van der Waals surface area contributed by atoms with Crippen molar-refractivity contribution in [1.82, 2.24) is 4.57 Å². The number of hydrogen-bond donors (Lipinski definition) is 0. The van der Waals surface area contributed by atoms with E-state index in [0.717, 1.165) is 28.5 Å². The van der Waals surface area contributed by atoms with Gasteiger partial charge in [0.2, 0.25) is 0 Å². The fraction of sp³-hybridized carbons (Fsp3) is 0.286. The Labute approximate surface area is 142 Å². The van der Waals surface area contributed by atoms with Gasteiger partial charge in [-0.05, 0) is 36.1 Å². The number of benzene rings is 2. The molecule has 3 rings (SSSR count). The molecule has 1 heterocycles. The van der Waals surface area contributed by atoms with E-state index in [1.165, 1.54) is 11.1 Å². The smallest absolute Gasteiger partial charge is 0.152 e. The number of aryl methyl sites for hydroxylation is 1. The van der Waals surface area contributed by atoms with Crippen molar-refractivity contribution >= 4 is 17.2 Å². The van der Waals surface area contributed by atoms with Gasteiger partial charge < -0.3 is 9.30 Å². The van der Waals surface area contributed by atoms with Crippen LogP contribution in [0.1, 0.15) is 41.3 Å². The number of ether oxygens (including phenoxy) is 1. The molecule has 24 heavy (non-hydrogen) atoms. The molecule has 1 aromatic heterocycles. The molecule has 0 saturated heterocycles. The van der Waals surface area contributed by atoms with Crippen molar-refractivity contribution < 1.29 is 9.53 Å². The van der Waals surface area contributed by atoms with Gasteiger partial charge in [0.15, 0.2) is 6.29 Å². The van der Waals surface area contributed by atoms with Gasteiger partial charge in [-0.3, -0.25) is 4.79 Å². The molecule has 0 N–H and O–H groups in total. The summed E-state index contributed by atoms with van der Waals surface area (Å²) >= 11 is 0. The van der Waals surface area contributed by atoms with Crippen molar-refractivity contribution in [2.45, 2.75) is 33.2 Å². The lowest BCUT2D eigenvalue weighted by atomic mass is 10.0. The lowest BCUT2D eigenvalue weighted by Crippen LogP contribution is -2.09. The van der Waals surface area contributed by atoms with Crippen LogP contribution in [0.3, 0.4) is 0 Å². The van der Waals surface area contributed by atoms with E-state index in [1.807, 2.05) is 30.5 Å². The summed E-state index contributed by atoms with van der Waals surface area (Å²) < 4.78 is 8.15. The lowest BCUT2D eigenvalue weighted by molar-refractivity contribution is 0.112. The normalized spacial score (nSPS) is 11.2. The molecular weight excluding hydrogens is 298 g/mol. The standard InChI is InChI=1S/C21H23NO2/c1-15(2)18-9-8-16(3)12-21(18)24-11-10-22-13-17(14-23)19-6-4-5-7-20(19)22/h4-9,12-15H,10-11H2,1-3H3. The highest BCUT2D eigenvalue weighted by molar-refractivity contribution is 5.97. The molecule has 3 aromatic rings. The van der Waals surface area contributed by atoms with E-state index >= 15 is 0 Å². The summed E-state index contributed by atoms with van der Waals surface area (Å²) in [6.45, 7) is 7.70. The Morgan fingerprint density at radius 1 is 1.17 bits per heavy atom. The molecule has 0 radical (unpaired) electrons. The monoisotopic (exact) mass is 321 g/mol. The second-order valence-corrected chi connectivity index (χ2v) is 6.46. The van der Waals surface area contributed by atoms with Crippen LogP contribution in [0.5, 0.6) is 5.75 Å². The maximum atomic E-state index is 11.2. The summed E-state index contributed by atoms with van der Waals surface area (Å²) in [6, 6.07) is 14.3. The van der Waals surface area contributed by atoms with Crippen molar-refractivity contribution in [2.24, 2.45) is 0 Å². The van der Waals surface area contributed by atoms with Crippen LogP contribution in [-0.4, -0.2) is 17.5 Å². The van der Waals surface area contributed by atoms with E-state index in [1.54, 1.807) is 0 Å². The molecule has 0 unspecified atom stereocenters. The fourth-order valence-corrected chi connectivity index (χ4v) is 3.05. The van der Waals surface area contributed by atoms with E-state index in [4.69, 9.17) is 4.74 Å². The maximum absolute atomic E-state index is 11.2. The van der Waals surface area contributed by atoms with Gasteiger partial charge in [0.1, 0.15) is 12.4 Å². The van der Waals surface area contributed by atoms with Gasteiger partial charge in [-0.1, -0.05) is 44.2 Å². The highest BCUT2D eigenvalue weighted by Gasteiger charge is 2.10. The molecule has 0 aliphatic rings. The topological polar surface area (TPSA) is 31.2 Å². The summed E-state index contributed by atoms with van der Waals surface area (Å²) in [7, 11) is 0. The van der Waals surface area contributed by atoms with Crippen LogP contribution in [0, 0.1) is 6.92 Å². The van der Waals surface area contributed by atoms with Crippen LogP contribution < -0.4 is 4.74 Å². The Morgan fingerprint density at radius 2 is 1.96 bits per heavy atom. The first-order valence-electron chi connectivity index (χ1n) is 8.36. The summed E-state index contributed by atoms with van der Waals surface area (Å²) in [5.41, 5.74) is 4.22. The number of fused-ring (bicyclic) bond motifs is 1. The quantitative estimate of drug-likeness (QED) is 0.601. The lowest BCUT2D eigenvalue weighted by Gasteiger charge is -2.15. The number of carbonyl (C=O) groups excluding carboxylic acids is 1. The number of aromatic nitrogens is 1. The minimum atomic E-state index is 0.426. The van der Waals surface area contributed by atoms with Crippen molar-refractivity contribution in [3.05, 3.63) is 65.4 Å². The van der Waals surface area contributed by atoms with Crippen LogP contribution >= 0.6 is 0 Å². The minimum Gasteiger partial charge on any atom is -0.491 e. The third-order valence-corrected chi connectivity index (χ3v) is 4.33. The van der Waals surface area contributed by atoms with Gasteiger partial charge in [-0.15, -0.1) is 0 Å². The second-order valence-electron chi connectivity index (χ2n) is 6.46. The molecule has 0 bridgehead atoms. The maximum Gasteiger partial charge on any atom is 0.152 e.